The molecular formula is C21H21NNa+. The Morgan fingerprint density at radius 3 is 1.35 bits per heavy atom. The van der Waals surface area contributed by atoms with Crippen molar-refractivity contribution in [3.05, 3.63) is 104 Å². The number of hydrogen-bond donors (Lipinski definition) is 0. The molecule has 0 saturated carbocycles. The Balaban J connectivity index is 0. The summed E-state index contributed by atoms with van der Waals surface area (Å²) in [4.78, 5) is 0. The number of allylic oxidation sites excluding steroid dienone is 1. The molecule has 2 aromatic rings. The molecule has 0 aliphatic heterocycles. The molecule has 2 aromatic carbocycles. The summed E-state index contributed by atoms with van der Waals surface area (Å²) in [5.41, 5.74) is 3.45. The molecule has 0 heterocycles. The number of rotatable bonds is 3. The minimum Gasteiger partial charge on any atom is -0.193 e. The van der Waals surface area contributed by atoms with E-state index >= 15 is 0 Å². The maximum absolute atomic E-state index is 7.51. The van der Waals surface area contributed by atoms with Crippen LogP contribution in [-0.2, 0) is 0 Å². The second-order valence-corrected chi connectivity index (χ2v) is 3.99. The molecule has 2 heteroatoms. The summed E-state index contributed by atoms with van der Waals surface area (Å²) in [5.74, 6) is 0. The summed E-state index contributed by atoms with van der Waals surface area (Å²) in [6.45, 7) is 14.1. The standard InChI is InChI=1S/C10H10.C8H8.C3H3N.Na/c1-3-9-7-5-6-8-10(9)4-2;1-2-8-6-4-3-5-7-8;1-2-3-4;/h3-8H,1-2H2;2-7H,1H2;2H,1H2;/q;;;+1. The van der Waals surface area contributed by atoms with Gasteiger partial charge in [-0.15, -0.1) is 0 Å². The van der Waals surface area contributed by atoms with Crippen LogP contribution in [0.5, 0.6) is 0 Å². The van der Waals surface area contributed by atoms with Crippen LogP contribution in [0.1, 0.15) is 16.7 Å². The molecule has 23 heavy (non-hydrogen) atoms. The predicted octanol–water partition coefficient (Wildman–Crippen LogP) is 3.00. The van der Waals surface area contributed by atoms with E-state index in [9.17, 15) is 0 Å². The molecule has 0 spiro atoms. The minimum absolute atomic E-state index is 0. The number of nitrogens with zero attached hydrogens (tertiary/aromatic N) is 1. The molecule has 0 aliphatic carbocycles. The van der Waals surface area contributed by atoms with Crippen molar-refractivity contribution < 1.29 is 29.6 Å². The summed E-state index contributed by atoms with van der Waals surface area (Å²) >= 11 is 0. The van der Waals surface area contributed by atoms with Crippen molar-refractivity contribution >= 4 is 18.2 Å². The summed E-state index contributed by atoms with van der Waals surface area (Å²) in [6.07, 6.45) is 6.67. The predicted molar refractivity (Wildman–Crippen MR) is 99.0 cm³/mol. The van der Waals surface area contributed by atoms with Crippen LogP contribution < -0.4 is 29.6 Å². The summed E-state index contributed by atoms with van der Waals surface area (Å²) in [5, 5.41) is 7.51. The largest absolute Gasteiger partial charge is 1.00 e. The average Bonchev–Trinajstić information content (AvgIpc) is 2.63. The van der Waals surface area contributed by atoms with Crippen molar-refractivity contribution in [2.24, 2.45) is 0 Å². The molecule has 0 atom stereocenters. The summed E-state index contributed by atoms with van der Waals surface area (Å²) < 4.78 is 0. The van der Waals surface area contributed by atoms with Crippen LogP contribution in [0.4, 0.5) is 0 Å². The zero-order chi connectivity index (χ0) is 16.6. The van der Waals surface area contributed by atoms with E-state index in [-0.39, 0.29) is 29.6 Å². The first-order valence-corrected chi connectivity index (χ1v) is 6.75. The SMILES string of the molecule is C=CC#N.C=Cc1ccccc1.C=Cc1ccccc1C=C.[Na+]. The van der Waals surface area contributed by atoms with Gasteiger partial charge < -0.3 is 0 Å². The second-order valence-electron chi connectivity index (χ2n) is 3.99. The molecule has 2 rings (SSSR count). The second kappa shape index (κ2) is 16.3. The summed E-state index contributed by atoms with van der Waals surface area (Å²) in [6, 6.07) is 19.7. The van der Waals surface area contributed by atoms with Crippen molar-refractivity contribution in [1.82, 2.24) is 0 Å². The van der Waals surface area contributed by atoms with Gasteiger partial charge in [-0.25, -0.2) is 0 Å². The van der Waals surface area contributed by atoms with E-state index < -0.39 is 0 Å². The number of hydrogen-bond acceptors (Lipinski definition) is 1. The van der Waals surface area contributed by atoms with Gasteiger partial charge in [-0.1, -0.05) is 99.1 Å². The fourth-order valence-electron chi connectivity index (χ4n) is 1.47. The Bertz CT molecular complexity index is 609. The van der Waals surface area contributed by atoms with Gasteiger partial charge in [-0.2, -0.15) is 5.26 Å². The van der Waals surface area contributed by atoms with Gasteiger partial charge in [-0.3, -0.25) is 0 Å². The van der Waals surface area contributed by atoms with Crippen LogP contribution in [0.15, 0.2) is 87.0 Å². The molecule has 1 nitrogen and oxygen atoms in total. The average molecular weight is 310 g/mol. The van der Waals surface area contributed by atoms with Crippen LogP contribution in [0.3, 0.4) is 0 Å². The smallest absolute Gasteiger partial charge is 0.193 e. The third-order valence-corrected chi connectivity index (χ3v) is 2.56. The van der Waals surface area contributed by atoms with E-state index in [1.54, 1.807) is 6.07 Å². The maximum Gasteiger partial charge on any atom is 1.00 e. The van der Waals surface area contributed by atoms with Gasteiger partial charge in [0.1, 0.15) is 0 Å². The van der Waals surface area contributed by atoms with Crippen LogP contribution in [0, 0.1) is 11.3 Å². The first-order valence-electron chi connectivity index (χ1n) is 6.75. The topological polar surface area (TPSA) is 23.8 Å². The van der Waals surface area contributed by atoms with Gasteiger partial charge in [0, 0.05) is 6.08 Å². The van der Waals surface area contributed by atoms with Crippen LogP contribution in [0.25, 0.3) is 18.2 Å². The molecule has 0 bridgehead atoms. The molecule has 0 N–H and O–H groups in total. The Kier molecular flexibility index (Phi) is 16.4. The van der Waals surface area contributed by atoms with Crippen molar-refractivity contribution in [2.45, 2.75) is 0 Å². The monoisotopic (exact) mass is 310 g/mol. The Labute approximate surface area is 162 Å². The van der Waals surface area contributed by atoms with Crippen LogP contribution in [-0.4, -0.2) is 0 Å². The molecule has 0 amide bonds. The molecule has 0 fully saturated rings. The normalized spacial score (nSPS) is 7.43. The van der Waals surface area contributed by atoms with Crippen LogP contribution in [0.2, 0.25) is 0 Å². The Morgan fingerprint density at radius 2 is 1.09 bits per heavy atom. The van der Waals surface area contributed by atoms with Gasteiger partial charge >= 0.3 is 29.6 Å². The van der Waals surface area contributed by atoms with Gasteiger partial charge in [0.25, 0.3) is 0 Å². The molecule has 0 radical (unpaired) electrons. The summed E-state index contributed by atoms with van der Waals surface area (Å²) in [7, 11) is 0. The van der Waals surface area contributed by atoms with Crippen molar-refractivity contribution in [3.8, 4) is 6.07 Å². The Hall–Kier alpha value is -2.11. The fourth-order valence-corrected chi connectivity index (χ4v) is 1.47. The van der Waals surface area contributed by atoms with Gasteiger partial charge in [0.05, 0.1) is 6.07 Å². The van der Waals surface area contributed by atoms with Crippen molar-refractivity contribution in [3.63, 3.8) is 0 Å². The van der Waals surface area contributed by atoms with Gasteiger partial charge in [0.15, 0.2) is 0 Å². The third-order valence-electron chi connectivity index (χ3n) is 2.56. The van der Waals surface area contributed by atoms with Crippen LogP contribution >= 0.6 is 0 Å². The molecule has 0 unspecified atom stereocenters. The first kappa shape index (κ1) is 23.2. The maximum atomic E-state index is 7.51. The van der Waals surface area contributed by atoms with E-state index in [1.165, 1.54) is 11.6 Å². The van der Waals surface area contributed by atoms with E-state index in [4.69, 9.17) is 5.26 Å². The molecule has 110 valence electrons. The van der Waals surface area contributed by atoms with Gasteiger partial charge in [-0.05, 0) is 16.7 Å². The molecule has 0 aliphatic rings. The molecule has 0 saturated heterocycles. The third kappa shape index (κ3) is 11.2. The number of benzene rings is 2. The zero-order valence-electron chi connectivity index (χ0n) is 13.8. The molecular weight excluding hydrogens is 289 g/mol. The first-order chi connectivity index (χ1) is 10.7. The zero-order valence-corrected chi connectivity index (χ0v) is 15.8. The van der Waals surface area contributed by atoms with E-state index in [2.05, 4.69) is 26.3 Å². The van der Waals surface area contributed by atoms with Crippen molar-refractivity contribution in [1.29, 1.82) is 5.26 Å². The van der Waals surface area contributed by atoms with E-state index in [0.29, 0.717) is 0 Å². The number of nitriles is 1. The molecule has 0 aromatic heterocycles. The Morgan fingerprint density at radius 1 is 0.696 bits per heavy atom. The minimum atomic E-state index is 0. The quantitative estimate of drug-likeness (QED) is 0.631. The van der Waals surface area contributed by atoms with Crippen molar-refractivity contribution in [2.75, 3.05) is 0 Å². The fraction of sp³-hybridized carbons (Fsp3) is 0. The van der Waals surface area contributed by atoms with Gasteiger partial charge in [0.2, 0.25) is 0 Å². The van der Waals surface area contributed by atoms with E-state index in [0.717, 1.165) is 11.1 Å². The van der Waals surface area contributed by atoms with E-state index in [1.807, 2.05) is 72.8 Å².